The van der Waals surface area contributed by atoms with E-state index >= 15 is 0 Å². The van der Waals surface area contributed by atoms with E-state index in [1.807, 2.05) is 11.4 Å². The summed E-state index contributed by atoms with van der Waals surface area (Å²) in [7, 11) is 0. The van der Waals surface area contributed by atoms with Crippen LogP contribution in [0.3, 0.4) is 0 Å². The monoisotopic (exact) mass is 304 g/mol. The maximum atomic E-state index is 12.0. The van der Waals surface area contributed by atoms with E-state index in [2.05, 4.69) is 20.2 Å². The number of amides is 1. The molecule has 1 N–H and O–H groups in total. The number of hydrogen-bond donors (Lipinski definition) is 1. The average molecular weight is 304 g/mol. The lowest BCUT2D eigenvalue weighted by atomic mass is 10.1. The van der Waals surface area contributed by atoms with E-state index in [9.17, 15) is 4.79 Å². The predicted octanol–water partition coefficient (Wildman–Crippen LogP) is 1.18. The van der Waals surface area contributed by atoms with Crippen LogP contribution in [-0.2, 0) is 9.53 Å². The highest BCUT2D eigenvalue weighted by molar-refractivity contribution is 7.17. The Balaban J connectivity index is 1.38. The Morgan fingerprint density at radius 3 is 3.14 bits per heavy atom. The molecule has 0 spiro atoms. The van der Waals surface area contributed by atoms with Crippen LogP contribution in [0.25, 0.3) is 10.2 Å². The maximum Gasteiger partial charge on any atom is 0.249 e. The number of fused-ring (bicyclic) bond motifs is 1. The molecule has 110 valence electrons. The van der Waals surface area contributed by atoms with Crippen LogP contribution in [0.15, 0.2) is 17.8 Å². The number of rotatable bonds is 3. The Bertz CT molecular complexity index is 662. The van der Waals surface area contributed by atoms with Gasteiger partial charge in [0, 0.05) is 19.7 Å². The number of hydrogen-bond acceptors (Lipinski definition) is 6. The first kappa shape index (κ1) is 13.0. The predicted molar refractivity (Wildman–Crippen MR) is 80.5 cm³/mol. The molecule has 1 amide bonds. The lowest BCUT2D eigenvalue weighted by molar-refractivity contribution is -0.130. The Hall–Kier alpha value is -1.73. The molecule has 1 atom stereocenters. The van der Waals surface area contributed by atoms with Gasteiger partial charge in [0.2, 0.25) is 5.91 Å². The van der Waals surface area contributed by atoms with E-state index in [1.54, 1.807) is 17.7 Å². The number of aromatic nitrogens is 2. The van der Waals surface area contributed by atoms with E-state index in [0.29, 0.717) is 6.61 Å². The maximum absolute atomic E-state index is 12.0. The zero-order valence-electron chi connectivity index (χ0n) is 11.5. The summed E-state index contributed by atoms with van der Waals surface area (Å²) in [6, 6.07) is 2.19. The fourth-order valence-corrected chi connectivity index (χ4v) is 3.68. The van der Waals surface area contributed by atoms with Crippen molar-refractivity contribution >= 4 is 33.3 Å². The molecule has 4 heterocycles. The van der Waals surface area contributed by atoms with Crippen LogP contribution < -0.4 is 10.2 Å². The van der Waals surface area contributed by atoms with Gasteiger partial charge in [0.15, 0.2) is 0 Å². The van der Waals surface area contributed by atoms with Gasteiger partial charge in [0.05, 0.1) is 16.3 Å². The average Bonchev–Trinajstić information content (AvgIpc) is 3.11. The fourth-order valence-electron chi connectivity index (χ4n) is 2.82. The minimum absolute atomic E-state index is 0.0288. The van der Waals surface area contributed by atoms with Crippen molar-refractivity contribution in [1.29, 1.82) is 0 Å². The molecule has 0 aliphatic carbocycles. The van der Waals surface area contributed by atoms with E-state index < -0.39 is 0 Å². The summed E-state index contributed by atoms with van der Waals surface area (Å²) in [5.74, 6) is 0.999. The Labute approximate surface area is 126 Å². The van der Waals surface area contributed by atoms with Gasteiger partial charge in [-0.25, -0.2) is 9.97 Å². The molecule has 4 rings (SSSR count). The van der Waals surface area contributed by atoms with Crippen LogP contribution in [0.5, 0.6) is 0 Å². The molecule has 6 nitrogen and oxygen atoms in total. The molecule has 2 fully saturated rings. The molecule has 0 saturated carbocycles. The van der Waals surface area contributed by atoms with Gasteiger partial charge in [0.1, 0.15) is 18.2 Å². The highest BCUT2D eigenvalue weighted by atomic mass is 32.1. The van der Waals surface area contributed by atoms with Crippen molar-refractivity contribution in [3.05, 3.63) is 17.8 Å². The van der Waals surface area contributed by atoms with Gasteiger partial charge in [-0.1, -0.05) is 0 Å². The summed E-state index contributed by atoms with van der Waals surface area (Å²) < 4.78 is 6.51. The second kappa shape index (κ2) is 5.23. The normalized spacial score (nSPS) is 22.5. The second-order valence-electron chi connectivity index (χ2n) is 5.44. The largest absolute Gasteiger partial charge is 0.368 e. The Morgan fingerprint density at radius 2 is 2.33 bits per heavy atom. The van der Waals surface area contributed by atoms with Crippen LogP contribution in [-0.4, -0.2) is 47.7 Å². The molecule has 2 aliphatic heterocycles. The third kappa shape index (κ3) is 2.36. The number of carbonyl (C=O) groups excluding carboxylic acids is 1. The van der Waals surface area contributed by atoms with Gasteiger partial charge >= 0.3 is 0 Å². The highest BCUT2D eigenvalue weighted by Crippen LogP contribution is 2.30. The number of anilines is 1. The second-order valence-corrected chi connectivity index (χ2v) is 6.36. The Morgan fingerprint density at radius 1 is 1.43 bits per heavy atom. The van der Waals surface area contributed by atoms with Gasteiger partial charge in [-0.3, -0.25) is 4.79 Å². The molecular weight excluding hydrogens is 288 g/mol. The number of ether oxygens (including phenoxy) is 1. The third-order valence-corrected chi connectivity index (χ3v) is 4.87. The molecule has 1 unspecified atom stereocenters. The summed E-state index contributed by atoms with van der Waals surface area (Å²) in [4.78, 5) is 22.8. The quantitative estimate of drug-likeness (QED) is 0.922. The van der Waals surface area contributed by atoms with Crippen molar-refractivity contribution in [1.82, 2.24) is 15.3 Å². The topological polar surface area (TPSA) is 67.4 Å². The number of carbonyl (C=O) groups is 1. The summed E-state index contributed by atoms with van der Waals surface area (Å²) in [5.41, 5.74) is 0.983. The molecule has 2 aromatic heterocycles. The van der Waals surface area contributed by atoms with Gasteiger partial charge in [0.25, 0.3) is 0 Å². The Kier molecular flexibility index (Phi) is 3.23. The molecule has 7 heteroatoms. The van der Waals surface area contributed by atoms with E-state index in [1.165, 1.54) is 0 Å². The SMILES string of the molecule is O=C(NC1CN(c2ncnc3ccsc23)C1)C1CCCO1. The van der Waals surface area contributed by atoms with Crippen LogP contribution in [0.4, 0.5) is 5.82 Å². The zero-order chi connectivity index (χ0) is 14.2. The number of nitrogens with zero attached hydrogens (tertiary/aromatic N) is 3. The first-order valence-electron chi connectivity index (χ1n) is 7.16. The van der Waals surface area contributed by atoms with Gasteiger partial charge < -0.3 is 15.0 Å². The van der Waals surface area contributed by atoms with Gasteiger partial charge in [-0.05, 0) is 24.3 Å². The van der Waals surface area contributed by atoms with Crippen LogP contribution in [0.1, 0.15) is 12.8 Å². The first-order valence-corrected chi connectivity index (χ1v) is 8.04. The standard InChI is InChI=1S/C14H16N4O2S/c19-14(11-2-1-4-20-11)17-9-6-18(7-9)13-12-10(3-5-21-12)15-8-16-13/h3,5,8-9,11H,1-2,4,6-7H2,(H,17,19). The van der Waals surface area contributed by atoms with E-state index in [-0.39, 0.29) is 18.1 Å². The highest BCUT2D eigenvalue weighted by Gasteiger charge is 2.33. The van der Waals surface area contributed by atoms with E-state index in [0.717, 1.165) is 42.0 Å². The third-order valence-electron chi connectivity index (χ3n) is 3.97. The molecule has 21 heavy (non-hydrogen) atoms. The van der Waals surface area contributed by atoms with Crippen molar-refractivity contribution in [3.63, 3.8) is 0 Å². The van der Waals surface area contributed by atoms with Crippen molar-refractivity contribution in [3.8, 4) is 0 Å². The zero-order valence-corrected chi connectivity index (χ0v) is 12.3. The van der Waals surface area contributed by atoms with E-state index in [4.69, 9.17) is 4.74 Å². The minimum atomic E-state index is -0.248. The van der Waals surface area contributed by atoms with Gasteiger partial charge in [-0.2, -0.15) is 0 Å². The summed E-state index contributed by atoms with van der Waals surface area (Å²) in [5, 5.41) is 5.08. The molecule has 0 bridgehead atoms. The lowest BCUT2D eigenvalue weighted by Gasteiger charge is -2.40. The molecule has 2 aromatic rings. The first-order chi connectivity index (χ1) is 10.3. The van der Waals surface area contributed by atoms with Crippen LogP contribution in [0, 0.1) is 0 Å². The summed E-state index contributed by atoms with van der Waals surface area (Å²) >= 11 is 1.65. The van der Waals surface area contributed by atoms with Crippen molar-refractivity contribution in [2.75, 3.05) is 24.6 Å². The molecular formula is C14H16N4O2S. The summed E-state index contributed by atoms with van der Waals surface area (Å²) in [6.45, 7) is 2.29. The molecule has 0 aromatic carbocycles. The van der Waals surface area contributed by atoms with Crippen LogP contribution >= 0.6 is 11.3 Å². The van der Waals surface area contributed by atoms with Crippen LogP contribution in [0.2, 0.25) is 0 Å². The number of thiophene rings is 1. The van der Waals surface area contributed by atoms with Crippen molar-refractivity contribution in [2.24, 2.45) is 0 Å². The van der Waals surface area contributed by atoms with Gasteiger partial charge in [-0.15, -0.1) is 11.3 Å². The molecule has 2 saturated heterocycles. The van der Waals surface area contributed by atoms with Crippen molar-refractivity contribution in [2.45, 2.75) is 25.0 Å². The fraction of sp³-hybridized carbons (Fsp3) is 0.500. The smallest absolute Gasteiger partial charge is 0.249 e. The lowest BCUT2D eigenvalue weighted by Crippen LogP contribution is -2.61. The number of nitrogens with one attached hydrogen (secondary N) is 1. The molecule has 0 radical (unpaired) electrons. The molecule has 2 aliphatic rings. The van der Waals surface area contributed by atoms with Crippen molar-refractivity contribution < 1.29 is 9.53 Å². The minimum Gasteiger partial charge on any atom is -0.368 e. The summed E-state index contributed by atoms with van der Waals surface area (Å²) in [6.07, 6.45) is 3.17.